The standard InChI is InChI=1S/C25H22N4O4/c30-23-4-2-10-29(23)15-17-6-5-16(24-27-19-3-1-9-26-25(19)28-24)13-21(17)33-18-7-8-20-22(14-18)32-12-11-31-20/h1,3,5-9,13-14H,2,4,10-12,15H2,(H,26,27,28). The number of hydrogen-bond donors (Lipinski definition) is 1. The molecule has 33 heavy (non-hydrogen) atoms. The molecule has 2 aromatic heterocycles. The van der Waals surface area contributed by atoms with Crippen LogP contribution in [0.15, 0.2) is 54.7 Å². The molecule has 0 radical (unpaired) electrons. The number of nitrogens with zero attached hydrogens (tertiary/aromatic N) is 3. The van der Waals surface area contributed by atoms with Crippen molar-refractivity contribution in [2.45, 2.75) is 19.4 Å². The fourth-order valence-electron chi connectivity index (χ4n) is 4.20. The van der Waals surface area contributed by atoms with E-state index in [1.54, 1.807) is 6.20 Å². The highest BCUT2D eigenvalue weighted by molar-refractivity contribution is 5.78. The van der Waals surface area contributed by atoms with Crippen LogP contribution in [-0.2, 0) is 11.3 Å². The van der Waals surface area contributed by atoms with Gasteiger partial charge in [0, 0.05) is 42.9 Å². The molecule has 2 aliphatic heterocycles. The number of rotatable bonds is 5. The molecule has 2 aromatic carbocycles. The quantitative estimate of drug-likeness (QED) is 0.495. The normalized spacial score (nSPS) is 15.3. The summed E-state index contributed by atoms with van der Waals surface area (Å²) in [5.74, 6) is 3.55. The van der Waals surface area contributed by atoms with Crippen molar-refractivity contribution in [3.8, 4) is 34.4 Å². The molecule has 4 heterocycles. The first-order valence-electron chi connectivity index (χ1n) is 11.0. The van der Waals surface area contributed by atoms with E-state index < -0.39 is 0 Å². The number of amides is 1. The molecular weight excluding hydrogens is 420 g/mol. The number of benzene rings is 2. The Labute approximate surface area is 190 Å². The molecule has 8 heteroatoms. The summed E-state index contributed by atoms with van der Waals surface area (Å²) in [7, 11) is 0. The first kappa shape index (κ1) is 19.6. The number of nitrogens with one attached hydrogen (secondary N) is 1. The highest BCUT2D eigenvalue weighted by Crippen LogP contribution is 2.37. The van der Waals surface area contributed by atoms with Gasteiger partial charge >= 0.3 is 0 Å². The van der Waals surface area contributed by atoms with Crippen LogP contribution < -0.4 is 14.2 Å². The Bertz CT molecular complexity index is 1320. The van der Waals surface area contributed by atoms with Crippen LogP contribution in [0, 0.1) is 0 Å². The van der Waals surface area contributed by atoms with Gasteiger partial charge in [0.05, 0.1) is 5.52 Å². The van der Waals surface area contributed by atoms with Gasteiger partial charge in [-0.15, -0.1) is 0 Å². The van der Waals surface area contributed by atoms with Crippen molar-refractivity contribution in [2.24, 2.45) is 0 Å². The molecule has 1 saturated heterocycles. The second-order valence-corrected chi connectivity index (χ2v) is 8.11. The van der Waals surface area contributed by atoms with Gasteiger partial charge in [0.15, 0.2) is 17.1 Å². The summed E-state index contributed by atoms with van der Waals surface area (Å²) >= 11 is 0. The van der Waals surface area contributed by atoms with Crippen LogP contribution in [0.3, 0.4) is 0 Å². The van der Waals surface area contributed by atoms with Gasteiger partial charge in [-0.1, -0.05) is 12.1 Å². The number of likely N-dealkylation sites (tertiary alicyclic amines) is 1. The minimum absolute atomic E-state index is 0.174. The average Bonchev–Trinajstić information content (AvgIpc) is 3.46. The Kier molecular flexibility index (Phi) is 4.83. The summed E-state index contributed by atoms with van der Waals surface area (Å²) < 4.78 is 17.6. The molecule has 1 amide bonds. The molecule has 0 spiro atoms. The van der Waals surface area contributed by atoms with Crippen molar-refractivity contribution < 1.29 is 19.0 Å². The molecule has 0 saturated carbocycles. The van der Waals surface area contributed by atoms with E-state index in [1.807, 2.05) is 53.4 Å². The van der Waals surface area contributed by atoms with E-state index in [9.17, 15) is 4.79 Å². The Balaban J connectivity index is 1.37. The van der Waals surface area contributed by atoms with Gasteiger partial charge < -0.3 is 24.1 Å². The fourth-order valence-corrected chi connectivity index (χ4v) is 4.20. The Morgan fingerprint density at radius 2 is 1.97 bits per heavy atom. The zero-order chi connectivity index (χ0) is 22.2. The number of carbonyl (C=O) groups is 1. The van der Waals surface area contributed by atoms with E-state index in [0.29, 0.717) is 60.6 Å². The van der Waals surface area contributed by atoms with Crippen LogP contribution in [0.25, 0.3) is 22.6 Å². The van der Waals surface area contributed by atoms with Crippen LogP contribution >= 0.6 is 0 Å². The number of hydrogen-bond acceptors (Lipinski definition) is 6. The molecule has 0 aliphatic carbocycles. The summed E-state index contributed by atoms with van der Waals surface area (Å²) in [6.07, 6.45) is 3.21. The first-order valence-corrected chi connectivity index (χ1v) is 11.0. The third-order valence-corrected chi connectivity index (χ3v) is 5.87. The SMILES string of the molecule is O=C1CCCN1Cc1ccc(-c2nc3ncccc3[nH]2)cc1Oc1ccc2c(c1)OCCO2. The number of fused-ring (bicyclic) bond motifs is 2. The van der Waals surface area contributed by atoms with Gasteiger partial charge in [0.2, 0.25) is 5.91 Å². The monoisotopic (exact) mass is 442 g/mol. The zero-order valence-electron chi connectivity index (χ0n) is 17.9. The maximum absolute atomic E-state index is 12.2. The minimum atomic E-state index is 0.174. The van der Waals surface area contributed by atoms with E-state index in [-0.39, 0.29) is 5.91 Å². The second kappa shape index (κ2) is 8.12. The average molecular weight is 442 g/mol. The van der Waals surface area contributed by atoms with Gasteiger partial charge in [0.25, 0.3) is 0 Å². The van der Waals surface area contributed by atoms with Crippen LogP contribution in [0.2, 0.25) is 0 Å². The number of H-pyrrole nitrogens is 1. The molecule has 0 atom stereocenters. The summed E-state index contributed by atoms with van der Waals surface area (Å²) in [4.78, 5) is 26.3. The van der Waals surface area contributed by atoms with E-state index in [1.165, 1.54) is 0 Å². The first-order chi connectivity index (χ1) is 16.2. The number of aromatic nitrogens is 3. The molecule has 166 valence electrons. The molecule has 1 N–H and O–H groups in total. The number of ether oxygens (including phenoxy) is 3. The molecule has 1 fully saturated rings. The van der Waals surface area contributed by atoms with Crippen molar-refractivity contribution >= 4 is 17.1 Å². The molecule has 4 aromatic rings. The van der Waals surface area contributed by atoms with Gasteiger partial charge in [-0.2, -0.15) is 0 Å². The summed E-state index contributed by atoms with van der Waals surface area (Å²) in [5.41, 5.74) is 3.33. The molecule has 2 aliphatic rings. The van der Waals surface area contributed by atoms with Gasteiger partial charge in [-0.3, -0.25) is 4.79 Å². The van der Waals surface area contributed by atoms with E-state index in [4.69, 9.17) is 14.2 Å². The summed E-state index contributed by atoms with van der Waals surface area (Å²) in [6, 6.07) is 15.3. The molecule has 8 nitrogen and oxygen atoms in total. The van der Waals surface area contributed by atoms with Gasteiger partial charge in [-0.25, -0.2) is 9.97 Å². The van der Waals surface area contributed by atoms with Crippen LogP contribution in [0.4, 0.5) is 0 Å². The highest BCUT2D eigenvalue weighted by Gasteiger charge is 2.22. The lowest BCUT2D eigenvalue weighted by molar-refractivity contribution is -0.128. The number of imidazole rings is 1. The fraction of sp³-hybridized carbons (Fsp3) is 0.240. The smallest absolute Gasteiger partial charge is 0.222 e. The number of carbonyl (C=O) groups excluding carboxylic acids is 1. The predicted octanol–water partition coefficient (Wildman–Crippen LogP) is 4.31. The Morgan fingerprint density at radius 3 is 2.82 bits per heavy atom. The third-order valence-electron chi connectivity index (χ3n) is 5.87. The molecule has 0 bridgehead atoms. The lowest BCUT2D eigenvalue weighted by atomic mass is 10.1. The van der Waals surface area contributed by atoms with Crippen LogP contribution in [0.1, 0.15) is 18.4 Å². The summed E-state index contributed by atoms with van der Waals surface area (Å²) in [6.45, 7) is 2.31. The lowest BCUT2D eigenvalue weighted by Crippen LogP contribution is -2.24. The van der Waals surface area contributed by atoms with Crippen molar-refractivity contribution in [2.75, 3.05) is 19.8 Å². The van der Waals surface area contributed by atoms with Crippen molar-refractivity contribution in [3.63, 3.8) is 0 Å². The number of pyridine rings is 1. The Hall–Kier alpha value is -4.07. The van der Waals surface area contributed by atoms with Gasteiger partial charge in [0.1, 0.15) is 30.5 Å². The highest BCUT2D eigenvalue weighted by atomic mass is 16.6. The minimum Gasteiger partial charge on any atom is -0.486 e. The van der Waals surface area contributed by atoms with Crippen molar-refractivity contribution in [3.05, 3.63) is 60.3 Å². The van der Waals surface area contributed by atoms with Crippen LogP contribution in [-0.4, -0.2) is 45.5 Å². The van der Waals surface area contributed by atoms with Crippen molar-refractivity contribution in [1.82, 2.24) is 19.9 Å². The van der Waals surface area contributed by atoms with E-state index in [0.717, 1.165) is 29.6 Å². The van der Waals surface area contributed by atoms with E-state index >= 15 is 0 Å². The van der Waals surface area contributed by atoms with Gasteiger partial charge in [-0.05, 0) is 36.8 Å². The molecular formula is C25H22N4O4. The molecule has 6 rings (SSSR count). The second-order valence-electron chi connectivity index (χ2n) is 8.11. The van der Waals surface area contributed by atoms with Crippen molar-refractivity contribution in [1.29, 1.82) is 0 Å². The zero-order valence-corrected chi connectivity index (χ0v) is 17.9. The number of aromatic amines is 1. The largest absolute Gasteiger partial charge is 0.486 e. The lowest BCUT2D eigenvalue weighted by Gasteiger charge is -2.21. The Morgan fingerprint density at radius 1 is 1.06 bits per heavy atom. The predicted molar refractivity (Wildman–Crippen MR) is 121 cm³/mol. The van der Waals surface area contributed by atoms with E-state index in [2.05, 4.69) is 15.0 Å². The topological polar surface area (TPSA) is 89.6 Å². The molecule has 0 unspecified atom stereocenters. The summed E-state index contributed by atoms with van der Waals surface area (Å²) in [5, 5.41) is 0. The maximum Gasteiger partial charge on any atom is 0.222 e. The third kappa shape index (κ3) is 3.84. The van der Waals surface area contributed by atoms with Crippen LogP contribution in [0.5, 0.6) is 23.0 Å². The maximum atomic E-state index is 12.2.